The van der Waals surface area contributed by atoms with E-state index in [-0.39, 0.29) is 5.92 Å². The molecule has 0 aliphatic carbocycles. The van der Waals surface area contributed by atoms with Crippen molar-refractivity contribution in [2.45, 2.75) is 26.3 Å². The third-order valence-electron chi connectivity index (χ3n) is 3.05. The first kappa shape index (κ1) is 14.8. The molecule has 0 bridgehead atoms. The van der Waals surface area contributed by atoms with Gasteiger partial charge in [-0.15, -0.1) is 0 Å². The molecule has 0 saturated heterocycles. The number of hydrogen-bond acceptors (Lipinski definition) is 5. The zero-order chi connectivity index (χ0) is 15.2. The largest absolute Gasteiger partial charge is 0.373 e. The Morgan fingerprint density at radius 1 is 1.19 bits per heavy atom. The lowest BCUT2D eigenvalue weighted by Crippen LogP contribution is -2.07. The van der Waals surface area contributed by atoms with Crippen LogP contribution in [0, 0.1) is 11.3 Å². The normalized spacial score (nSPS) is 10.2. The van der Waals surface area contributed by atoms with Gasteiger partial charge >= 0.3 is 0 Å². The molecule has 0 amide bonds. The minimum Gasteiger partial charge on any atom is -0.373 e. The van der Waals surface area contributed by atoms with Gasteiger partial charge in [0.1, 0.15) is 17.5 Å². The van der Waals surface area contributed by atoms with Crippen LogP contribution in [-0.2, 0) is 6.54 Å². The Morgan fingerprint density at radius 2 is 1.95 bits per heavy atom. The van der Waals surface area contributed by atoms with Crippen LogP contribution in [0.1, 0.15) is 36.7 Å². The summed E-state index contributed by atoms with van der Waals surface area (Å²) >= 11 is 0. The lowest BCUT2D eigenvalue weighted by molar-refractivity contribution is 0.776. The fourth-order valence-corrected chi connectivity index (χ4v) is 1.89. The van der Waals surface area contributed by atoms with E-state index in [0.717, 1.165) is 23.0 Å². The Morgan fingerprint density at radius 3 is 2.62 bits per heavy atom. The van der Waals surface area contributed by atoms with E-state index in [1.165, 1.54) is 0 Å². The molecular weight excluding hydrogens is 262 g/mol. The van der Waals surface area contributed by atoms with E-state index in [4.69, 9.17) is 5.26 Å². The van der Waals surface area contributed by atoms with E-state index in [0.29, 0.717) is 12.1 Å². The van der Waals surface area contributed by atoms with Gasteiger partial charge in [0.25, 0.3) is 0 Å². The van der Waals surface area contributed by atoms with Gasteiger partial charge in [0.15, 0.2) is 0 Å². The summed E-state index contributed by atoms with van der Waals surface area (Å²) < 4.78 is 0. The molecular formula is C16H19N5. The minimum absolute atomic E-state index is 0.265. The van der Waals surface area contributed by atoms with Crippen molar-refractivity contribution in [2.75, 3.05) is 17.7 Å². The second kappa shape index (κ2) is 6.71. The average molecular weight is 281 g/mol. The second-order valence-corrected chi connectivity index (χ2v) is 5.07. The number of nitrogens with zero attached hydrogens (tertiary/aromatic N) is 3. The summed E-state index contributed by atoms with van der Waals surface area (Å²) in [5.74, 6) is 2.64. The highest BCUT2D eigenvalue weighted by Gasteiger charge is 2.07. The predicted octanol–water partition coefficient (Wildman–Crippen LogP) is 3.13. The summed E-state index contributed by atoms with van der Waals surface area (Å²) in [7, 11) is 1.84. The third kappa shape index (κ3) is 3.93. The fourth-order valence-electron chi connectivity index (χ4n) is 1.89. The molecule has 5 heteroatoms. The summed E-state index contributed by atoms with van der Waals surface area (Å²) in [6.07, 6.45) is 0. The molecule has 2 N–H and O–H groups in total. The van der Waals surface area contributed by atoms with Gasteiger partial charge in [0, 0.05) is 25.6 Å². The van der Waals surface area contributed by atoms with Gasteiger partial charge in [-0.1, -0.05) is 26.0 Å². The number of anilines is 2. The van der Waals surface area contributed by atoms with Crippen molar-refractivity contribution in [1.82, 2.24) is 9.97 Å². The highest BCUT2D eigenvalue weighted by Crippen LogP contribution is 2.17. The number of rotatable bonds is 5. The lowest BCUT2D eigenvalue weighted by atomic mass is 10.1. The van der Waals surface area contributed by atoms with E-state index in [1.807, 2.05) is 31.3 Å². The van der Waals surface area contributed by atoms with Gasteiger partial charge in [-0.3, -0.25) is 0 Å². The monoisotopic (exact) mass is 281 g/mol. The Kier molecular flexibility index (Phi) is 4.72. The highest BCUT2D eigenvalue weighted by molar-refractivity contribution is 5.48. The molecule has 0 aliphatic rings. The van der Waals surface area contributed by atoms with Crippen molar-refractivity contribution in [3.05, 3.63) is 47.3 Å². The molecule has 0 aliphatic heterocycles. The van der Waals surface area contributed by atoms with Gasteiger partial charge in [0.05, 0.1) is 11.6 Å². The number of nitriles is 1. The molecule has 0 unspecified atom stereocenters. The summed E-state index contributed by atoms with van der Waals surface area (Å²) in [4.78, 5) is 8.94. The van der Waals surface area contributed by atoms with Gasteiger partial charge in [-0.05, 0) is 17.7 Å². The molecule has 1 aromatic carbocycles. The zero-order valence-corrected chi connectivity index (χ0v) is 12.5. The van der Waals surface area contributed by atoms with Gasteiger partial charge in [-0.2, -0.15) is 5.26 Å². The number of nitrogens with one attached hydrogen (secondary N) is 2. The molecule has 108 valence electrons. The van der Waals surface area contributed by atoms with Crippen LogP contribution in [0.25, 0.3) is 0 Å². The van der Waals surface area contributed by atoms with Crippen molar-refractivity contribution in [2.24, 2.45) is 0 Å². The third-order valence-corrected chi connectivity index (χ3v) is 3.05. The fraction of sp³-hybridized carbons (Fsp3) is 0.312. The maximum Gasteiger partial charge on any atom is 0.135 e. The first-order valence-corrected chi connectivity index (χ1v) is 6.92. The van der Waals surface area contributed by atoms with Gasteiger partial charge < -0.3 is 10.6 Å². The van der Waals surface area contributed by atoms with Crippen LogP contribution in [0.4, 0.5) is 11.6 Å². The predicted molar refractivity (Wildman–Crippen MR) is 84.2 cm³/mol. The summed E-state index contributed by atoms with van der Waals surface area (Å²) in [5.41, 5.74) is 1.71. The van der Waals surface area contributed by atoms with E-state index in [1.54, 1.807) is 6.07 Å². The Bertz CT molecular complexity index is 658. The van der Waals surface area contributed by atoms with E-state index < -0.39 is 0 Å². The number of aromatic nitrogens is 2. The molecule has 1 heterocycles. The molecule has 2 aromatic rings. The van der Waals surface area contributed by atoms with Crippen molar-refractivity contribution in [1.29, 1.82) is 5.26 Å². The zero-order valence-electron chi connectivity index (χ0n) is 12.5. The van der Waals surface area contributed by atoms with Crippen LogP contribution < -0.4 is 10.6 Å². The smallest absolute Gasteiger partial charge is 0.135 e. The Labute approximate surface area is 125 Å². The molecule has 0 saturated carbocycles. The first-order valence-electron chi connectivity index (χ1n) is 6.92. The van der Waals surface area contributed by atoms with Crippen LogP contribution in [0.3, 0.4) is 0 Å². The van der Waals surface area contributed by atoms with Crippen molar-refractivity contribution in [3.63, 3.8) is 0 Å². The lowest BCUT2D eigenvalue weighted by Gasteiger charge is -2.11. The van der Waals surface area contributed by atoms with Crippen molar-refractivity contribution in [3.8, 4) is 6.07 Å². The van der Waals surface area contributed by atoms with Crippen LogP contribution in [0.5, 0.6) is 0 Å². The summed E-state index contributed by atoms with van der Waals surface area (Å²) in [6, 6.07) is 11.6. The molecule has 0 radical (unpaired) electrons. The number of hydrogen-bond donors (Lipinski definition) is 2. The molecule has 1 aromatic heterocycles. The Hall–Kier alpha value is -2.61. The van der Waals surface area contributed by atoms with Crippen LogP contribution in [0.15, 0.2) is 30.3 Å². The van der Waals surface area contributed by atoms with Gasteiger partial charge in [0.2, 0.25) is 0 Å². The summed E-state index contributed by atoms with van der Waals surface area (Å²) in [5, 5.41) is 15.2. The summed E-state index contributed by atoms with van der Waals surface area (Å²) in [6.45, 7) is 4.75. The standard InChI is InChI=1S/C16H19N5/c1-11(2)16-20-14(18-3)8-15(21-16)19-10-13-6-4-5-12(7-13)9-17/h4-8,11H,10H2,1-3H3,(H2,18,19,20,21). The van der Waals surface area contributed by atoms with Crippen molar-refractivity contribution >= 4 is 11.6 Å². The topological polar surface area (TPSA) is 73.6 Å². The minimum atomic E-state index is 0.265. The van der Waals surface area contributed by atoms with Crippen LogP contribution in [0.2, 0.25) is 0 Å². The van der Waals surface area contributed by atoms with Crippen molar-refractivity contribution < 1.29 is 0 Å². The second-order valence-electron chi connectivity index (χ2n) is 5.07. The number of benzene rings is 1. The van der Waals surface area contributed by atoms with E-state index in [2.05, 4.69) is 40.5 Å². The van der Waals surface area contributed by atoms with E-state index >= 15 is 0 Å². The maximum atomic E-state index is 8.91. The average Bonchev–Trinajstić information content (AvgIpc) is 2.52. The Balaban J connectivity index is 2.15. The first-order chi connectivity index (χ1) is 10.1. The molecule has 0 atom stereocenters. The molecule has 0 spiro atoms. The molecule has 0 fully saturated rings. The SMILES string of the molecule is CNc1cc(NCc2cccc(C#N)c2)nc(C(C)C)n1. The molecule has 5 nitrogen and oxygen atoms in total. The molecule has 2 rings (SSSR count). The van der Waals surface area contributed by atoms with Crippen LogP contribution in [-0.4, -0.2) is 17.0 Å². The maximum absolute atomic E-state index is 8.91. The quantitative estimate of drug-likeness (QED) is 0.880. The van der Waals surface area contributed by atoms with Crippen LogP contribution >= 0.6 is 0 Å². The van der Waals surface area contributed by atoms with Gasteiger partial charge in [-0.25, -0.2) is 9.97 Å². The highest BCUT2D eigenvalue weighted by atomic mass is 15.1. The van der Waals surface area contributed by atoms with E-state index in [9.17, 15) is 0 Å². The molecule has 21 heavy (non-hydrogen) atoms.